The van der Waals surface area contributed by atoms with Crippen LogP contribution < -0.4 is 0 Å². The molecule has 1 aliphatic heterocycles. The molecular weight excluding hydrogens is 262 g/mol. The highest BCUT2D eigenvalue weighted by atomic mass is 16.5. The second-order valence-electron chi connectivity index (χ2n) is 5.64. The number of aromatic nitrogens is 1. The highest BCUT2D eigenvalue weighted by molar-refractivity contribution is 5.19. The monoisotopic (exact) mass is 285 g/mol. The van der Waals surface area contributed by atoms with Gasteiger partial charge in [0.15, 0.2) is 0 Å². The predicted molar refractivity (Wildman–Crippen MR) is 82.8 cm³/mol. The molecule has 112 valence electrons. The Labute approximate surface area is 126 Å². The van der Waals surface area contributed by atoms with Crippen LogP contribution in [0.2, 0.25) is 0 Å². The molecule has 0 radical (unpaired) electrons. The molecule has 1 aromatic carbocycles. The Bertz CT molecular complexity index is 518. The summed E-state index contributed by atoms with van der Waals surface area (Å²) in [4.78, 5) is 5.06. The molecule has 2 heterocycles. The van der Waals surface area contributed by atoms with Gasteiger partial charge in [0.05, 0.1) is 5.69 Å². The third-order valence-corrected chi connectivity index (χ3v) is 4.30. The van der Waals surface area contributed by atoms with Crippen molar-refractivity contribution in [1.82, 2.24) is 15.0 Å². The van der Waals surface area contributed by atoms with Crippen LogP contribution in [0.4, 0.5) is 0 Å². The first-order valence-corrected chi connectivity index (χ1v) is 7.77. The first kappa shape index (κ1) is 14.3. The topological polar surface area (TPSA) is 32.5 Å². The summed E-state index contributed by atoms with van der Waals surface area (Å²) < 4.78 is 4.90. The fourth-order valence-electron chi connectivity index (χ4n) is 3.16. The molecule has 1 aromatic heterocycles. The zero-order valence-corrected chi connectivity index (χ0v) is 12.6. The second-order valence-corrected chi connectivity index (χ2v) is 5.64. The fourth-order valence-corrected chi connectivity index (χ4v) is 3.16. The van der Waals surface area contributed by atoms with E-state index in [-0.39, 0.29) is 0 Å². The Hall–Kier alpha value is -1.65. The Balaban J connectivity index is 1.57. The molecule has 4 nitrogen and oxygen atoms in total. The summed E-state index contributed by atoms with van der Waals surface area (Å²) in [6, 6.07) is 13.3. The van der Waals surface area contributed by atoms with Crippen LogP contribution in [-0.2, 0) is 6.54 Å². The van der Waals surface area contributed by atoms with E-state index in [4.69, 9.17) is 4.52 Å². The minimum atomic E-state index is 0.542. The first-order chi connectivity index (χ1) is 10.4. The minimum absolute atomic E-state index is 0.542. The van der Waals surface area contributed by atoms with Gasteiger partial charge in [-0.25, -0.2) is 0 Å². The van der Waals surface area contributed by atoms with E-state index in [1.807, 2.05) is 6.07 Å². The van der Waals surface area contributed by atoms with Crippen molar-refractivity contribution in [3.05, 3.63) is 53.9 Å². The van der Waals surface area contributed by atoms with Crippen molar-refractivity contribution < 1.29 is 4.52 Å². The first-order valence-electron chi connectivity index (χ1n) is 7.77. The van der Waals surface area contributed by atoms with Gasteiger partial charge in [-0.15, -0.1) is 0 Å². The molecule has 0 N–H and O–H groups in total. The molecule has 3 rings (SSSR count). The molecule has 0 unspecified atom stereocenters. The van der Waals surface area contributed by atoms with Crippen LogP contribution in [0.1, 0.15) is 30.6 Å². The van der Waals surface area contributed by atoms with Crippen molar-refractivity contribution >= 4 is 0 Å². The Morgan fingerprint density at radius 1 is 1.10 bits per heavy atom. The molecule has 1 aliphatic rings. The van der Waals surface area contributed by atoms with Gasteiger partial charge in [-0.2, -0.15) is 0 Å². The van der Waals surface area contributed by atoms with Gasteiger partial charge >= 0.3 is 0 Å². The molecule has 1 saturated heterocycles. The lowest BCUT2D eigenvalue weighted by atomic mass is 10.0. The number of hydrogen-bond donors (Lipinski definition) is 0. The van der Waals surface area contributed by atoms with E-state index in [1.54, 1.807) is 6.26 Å². The molecule has 1 fully saturated rings. The maximum absolute atomic E-state index is 4.90. The van der Waals surface area contributed by atoms with Gasteiger partial charge in [0, 0.05) is 44.8 Å². The molecule has 2 aromatic rings. The van der Waals surface area contributed by atoms with Crippen LogP contribution >= 0.6 is 0 Å². The number of rotatable bonds is 5. The average molecular weight is 285 g/mol. The van der Waals surface area contributed by atoms with E-state index in [0.29, 0.717) is 6.04 Å². The Morgan fingerprint density at radius 3 is 2.48 bits per heavy atom. The number of piperazine rings is 1. The molecule has 0 spiro atoms. The third-order valence-electron chi connectivity index (χ3n) is 4.30. The van der Waals surface area contributed by atoms with E-state index in [0.717, 1.165) is 44.8 Å². The zero-order chi connectivity index (χ0) is 14.5. The van der Waals surface area contributed by atoms with E-state index >= 15 is 0 Å². The molecule has 4 heteroatoms. The average Bonchev–Trinajstić information content (AvgIpc) is 3.04. The summed E-state index contributed by atoms with van der Waals surface area (Å²) in [5, 5.41) is 4.00. The van der Waals surface area contributed by atoms with Crippen molar-refractivity contribution in [3.8, 4) is 0 Å². The minimum Gasteiger partial charge on any atom is -0.364 e. The van der Waals surface area contributed by atoms with Gasteiger partial charge in [0.2, 0.25) is 0 Å². The molecule has 0 amide bonds. The number of nitrogens with zero attached hydrogens (tertiary/aromatic N) is 3. The highest BCUT2D eigenvalue weighted by Gasteiger charge is 2.24. The van der Waals surface area contributed by atoms with E-state index in [9.17, 15) is 0 Å². The van der Waals surface area contributed by atoms with Gasteiger partial charge < -0.3 is 4.52 Å². The predicted octanol–water partition coefficient (Wildman–Crippen LogP) is 2.94. The van der Waals surface area contributed by atoms with Gasteiger partial charge in [-0.1, -0.05) is 42.4 Å². The van der Waals surface area contributed by atoms with Crippen molar-refractivity contribution in [2.45, 2.75) is 25.9 Å². The van der Waals surface area contributed by atoms with E-state index in [1.165, 1.54) is 5.56 Å². The summed E-state index contributed by atoms with van der Waals surface area (Å²) in [7, 11) is 0. The van der Waals surface area contributed by atoms with Crippen LogP contribution in [0.25, 0.3) is 0 Å². The smallest absolute Gasteiger partial charge is 0.124 e. The number of hydrogen-bond acceptors (Lipinski definition) is 4. The fraction of sp³-hybridized carbons (Fsp3) is 0.471. The number of benzene rings is 1. The summed E-state index contributed by atoms with van der Waals surface area (Å²) >= 11 is 0. The van der Waals surface area contributed by atoms with Crippen LogP contribution in [0.15, 0.2) is 47.2 Å². The van der Waals surface area contributed by atoms with Gasteiger partial charge in [0.1, 0.15) is 6.26 Å². The van der Waals surface area contributed by atoms with Crippen molar-refractivity contribution in [2.75, 3.05) is 26.2 Å². The Kier molecular flexibility index (Phi) is 4.68. The summed E-state index contributed by atoms with van der Waals surface area (Å²) in [5.41, 5.74) is 2.46. The van der Waals surface area contributed by atoms with Crippen LogP contribution in [0, 0.1) is 0 Å². The largest absolute Gasteiger partial charge is 0.364 e. The molecular formula is C17H23N3O. The van der Waals surface area contributed by atoms with Crippen molar-refractivity contribution in [1.29, 1.82) is 0 Å². The summed E-state index contributed by atoms with van der Waals surface area (Å²) in [6.45, 7) is 7.59. The molecule has 0 saturated carbocycles. The SMILES string of the molecule is CC[C@@H](c1ccccc1)N1CCN(Cc2ccon2)CC1. The normalized spacial score (nSPS) is 18.7. The van der Waals surface area contributed by atoms with E-state index in [2.05, 4.69) is 52.2 Å². The summed E-state index contributed by atoms with van der Waals surface area (Å²) in [5.74, 6) is 0. The standard InChI is InChI=1S/C17H23N3O/c1-2-17(15-6-4-3-5-7-15)20-11-9-19(10-12-20)14-16-8-13-21-18-16/h3-8,13,17H,2,9-12,14H2,1H3/t17-/m0/s1. The van der Waals surface area contributed by atoms with Crippen LogP contribution in [0.3, 0.4) is 0 Å². The molecule has 1 atom stereocenters. The second kappa shape index (κ2) is 6.87. The lowest BCUT2D eigenvalue weighted by Gasteiger charge is -2.39. The molecule has 0 aliphatic carbocycles. The lowest BCUT2D eigenvalue weighted by Crippen LogP contribution is -2.47. The maximum Gasteiger partial charge on any atom is 0.124 e. The highest BCUT2D eigenvalue weighted by Crippen LogP contribution is 2.25. The third kappa shape index (κ3) is 3.52. The molecule has 21 heavy (non-hydrogen) atoms. The van der Waals surface area contributed by atoms with Crippen LogP contribution in [-0.4, -0.2) is 41.1 Å². The van der Waals surface area contributed by atoms with Gasteiger partial charge in [0.25, 0.3) is 0 Å². The maximum atomic E-state index is 4.90. The van der Waals surface area contributed by atoms with Crippen LogP contribution in [0.5, 0.6) is 0 Å². The van der Waals surface area contributed by atoms with Crippen molar-refractivity contribution in [3.63, 3.8) is 0 Å². The summed E-state index contributed by atoms with van der Waals surface area (Å²) in [6.07, 6.45) is 2.81. The zero-order valence-electron chi connectivity index (χ0n) is 12.6. The van der Waals surface area contributed by atoms with E-state index < -0.39 is 0 Å². The Morgan fingerprint density at radius 2 is 1.86 bits per heavy atom. The van der Waals surface area contributed by atoms with Gasteiger partial charge in [-0.3, -0.25) is 9.80 Å². The lowest BCUT2D eigenvalue weighted by molar-refractivity contribution is 0.0883. The van der Waals surface area contributed by atoms with Gasteiger partial charge in [-0.05, 0) is 12.0 Å². The van der Waals surface area contributed by atoms with Crippen molar-refractivity contribution in [2.24, 2.45) is 0 Å². The quantitative estimate of drug-likeness (QED) is 0.845. The molecule has 0 bridgehead atoms.